The van der Waals surface area contributed by atoms with Gasteiger partial charge in [-0.05, 0) is 47.9 Å². The van der Waals surface area contributed by atoms with E-state index < -0.39 is 39.7 Å². The fraction of sp³-hybridized carbons (Fsp3) is 0.321. The number of ether oxygens (including phenoxy) is 2. The standard InChI is InChI=1S/C28H34N2O7S/c1-36-22-11-6-10-21(14-22)17-29-18-26(31)25(15-20-8-4-3-5-9-20)30-28(33)27(32)19-38(34,35)24-13-7-12-23(16-24)37-2/h3-14,16,25-27,29,31-32H,15,17-19H2,1-2H3,(H,30,33). The molecule has 4 N–H and O–H groups in total. The van der Waals surface area contributed by atoms with E-state index in [2.05, 4.69) is 10.6 Å². The Balaban J connectivity index is 1.66. The summed E-state index contributed by atoms with van der Waals surface area (Å²) in [5.74, 6) is -0.632. The highest BCUT2D eigenvalue weighted by molar-refractivity contribution is 7.91. The molecule has 3 rings (SSSR count). The summed E-state index contributed by atoms with van der Waals surface area (Å²) in [6.07, 6.45) is -2.57. The first-order valence-corrected chi connectivity index (χ1v) is 13.8. The van der Waals surface area contributed by atoms with Crippen LogP contribution < -0.4 is 20.1 Å². The molecule has 1 amide bonds. The predicted molar refractivity (Wildman–Crippen MR) is 144 cm³/mol. The summed E-state index contributed by atoms with van der Waals surface area (Å²) in [6, 6.07) is 21.8. The number of nitrogens with one attached hydrogen (secondary N) is 2. The van der Waals surface area contributed by atoms with Crippen molar-refractivity contribution < 1.29 is 32.9 Å². The number of rotatable bonds is 14. The molecule has 3 aromatic carbocycles. The molecule has 0 saturated heterocycles. The molecule has 0 spiro atoms. The van der Waals surface area contributed by atoms with Crippen molar-refractivity contribution in [3.63, 3.8) is 0 Å². The molecule has 0 aliphatic heterocycles. The Hall–Kier alpha value is -3.44. The zero-order valence-corrected chi connectivity index (χ0v) is 22.2. The largest absolute Gasteiger partial charge is 0.497 e. The van der Waals surface area contributed by atoms with Crippen LogP contribution in [0.1, 0.15) is 11.1 Å². The highest BCUT2D eigenvalue weighted by atomic mass is 32.2. The fourth-order valence-electron chi connectivity index (χ4n) is 3.89. The van der Waals surface area contributed by atoms with Crippen molar-refractivity contribution in [2.45, 2.75) is 36.1 Å². The van der Waals surface area contributed by atoms with Gasteiger partial charge in [0.1, 0.15) is 17.6 Å². The summed E-state index contributed by atoms with van der Waals surface area (Å²) < 4.78 is 35.9. The smallest absolute Gasteiger partial charge is 0.250 e. The number of benzene rings is 3. The Morgan fingerprint density at radius 3 is 2.18 bits per heavy atom. The van der Waals surface area contributed by atoms with Crippen LogP contribution in [0.2, 0.25) is 0 Å². The Kier molecular flexibility index (Phi) is 10.7. The second-order valence-electron chi connectivity index (χ2n) is 8.83. The molecular formula is C28H34N2O7S. The van der Waals surface area contributed by atoms with Crippen LogP contribution in [0, 0.1) is 0 Å². The topological polar surface area (TPSA) is 134 Å². The van der Waals surface area contributed by atoms with Gasteiger partial charge in [-0.15, -0.1) is 0 Å². The minimum atomic E-state index is -3.98. The zero-order chi connectivity index (χ0) is 27.5. The third-order valence-electron chi connectivity index (χ3n) is 5.99. The summed E-state index contributed by atoms with van der Waals surface area (Å²) in [6.45, 7) is 0.606. The average Bonchev–Trinajstić information content (AvgIpc) is 2.93. The highest BCUT2D eigenvalue weighted by Gasteiger charge is 2.29. The lowest BCUT2D eigenvalue weighted by atomic mass is 10.0. The monoisotopic (exact) mass is 542 g/mol. The number of hydrogen-bond donors (Lipinski definition) is 4. The summed E-state index contributed by atoms with van der Waals surface area (Å²) >= 11 is 0. The molecule has 0 aliphatic rings. The lowest BCUT2D eigenvalue weighted by molar-refractivity contribution is -0.129. The van der Waals surface area contributed by atoms with Crippen LogP contribution >= 0.6 is 0 Å². The fourth-order valence-corrected chi connectivity index (χ4v) is 5.23. The maximum absolute atomic E-state index is 12.9. The van der Waals surface area contributed by atoms with Gasteiger partial charge in [0.2, 0.25) is 5.91 Å². The summed E-state index contributed by atoms with van der Waals surface area (Å²) in [7, 11) is -0.977. The summed E-state index contributed by atoms with van der Waals surface area (Å²) in [5, 5.41) is 27.2. The van der Waals surface area contributed by atoms with Crippen molar-refractivity contribution in [2.75, 3.05) is 26.5 Å². The van der Waals surface area contributed by atoms with Crippen LogP contribution in [0.15, 0.2) is 83.8 Å². The maximum Gasteiger partial charge on any atom is 0.250 e. The Morgan fingerprint density at radius 1 is 0.868 bits per heavy atom. The Bertz CT molecular complexity index is 1290. The third kappa shape index (κ3) is 8.56. The Labute approximate surface area is 223 Å². The predicted octanol–water partition coefficient (Wildman–Crippen LogP) is 1.72. The van der Waals surface area contributed by atoms with Gasteiger partial charge in [0.25, 0.3) is 0 Å². The lowest BCUT2D eigenvalue weighted by Crippen LogP contribution is -2.52. The van der Waals surface area contributed by atoms with Gasteiger partial charge in [0.05, 0.1) is 37.0 Å². The van der Waals surface area contributed by atoms with Crippen molar-refractivity contribution in [3.8, 4) is 11.5 Å². The molecule has 204 valence electrons. The van der Waals surface area contributed by atoms with Gasteiger partial charge in [-0.1, -0.05) is 48.5 Å². The molecule has 0 aliphatic carbocycles. The van der Waals surface area contributed by atoms with Crippen molar-refractivity contribution in [2.24, 2.45) is 0 Å². The minimum Gasteiger partial charge on any atom is -0.497 e. The molecule has 0 fully saturated rings. The normalized spacial score (nSPS) is 13.8. The number of carbonyl (C=O) groups is 1. The van der Waals surface area contributed by atoms with E-state index in [-0.39, 0.29) is 17.9 Å². The van der Waals surface area contributed by atoms with E-state index in [1.54, 1.807) is 13.2 Å². The van der Waals surface area contributed by atoms with Crippen LogP contribution in [-0.4, -0.2) is 69.3 Å². The van der Waals surface area contributed by atoms with E-state index in [0.717, 1.165) is 16.9 Å². The molecule has 0 bridgehead atoms. The third-order valence-corrected chi connectivity index (χ3v) is 7.71. The SMILES string of the molecule is COc1cccc(CNCC(O)C(Cc2ccccc2)NC(=O)C(O)CS(=O)(=O)c2cccc(OC)c2)c1. The Morgan fingerprint density at radius 2 is 1.50 bits per heavy atom. The van der Waals surface area contributed by atoms with Gasteiger partial charge in [0, 0.05) is 13.1 Å². The maximum atomic E-state index is 12.9. The first kappa shape index (κ1) is 29.1. The number of aliphatic hydroxyl groups excluding tert-OH is 2. The number of sulfone groups is 1. The zero-order valence-electron chi connectivity index (χ0n) is 21.4. The number of hydrogen-bond acceptors (Lipinski definition) is 8. The molecule has 9 nitrogen and oxygen atoms in total. The highest BCUT2D eigenvalue weighted by Crippen LogP contribution is 2.19. The first-order chi connectivity index (χ1) is 18.2. The molecule has 0 radical (unpaired) electrons. The van der Waals surface area contributed by atoms with Gasteiger partial charge < -0.3 is 30.3 Å². The first-order valence-electron chi connectivity index (χ1n) is 12.1. The number of methoxy groups -OCH3 is 2. The van der Waals surface area contributed by atoms with Crippen LogP contribution in [0.5, 0.6) is 11.5 Å². The van der Waals surface area contributed by atoms with Crippen molar-refractivity contribution in [1.82, 2.24) is 10.6 Å². The number of aliphatic hydroxyl groups is 2. The second kappa shape index (κ2) is 13.9. The molecular weight excluding hydrogens is 508 g/mol. The molecule has 38 heavy (non-hydrogen) atoms. The number of carbonyl (C=O) groups excluding carboxylic acids is 1. The van der Waals surface area contributed by atoms with Crippen LogP contribution in [-0.2, 0) is 27.6 Å². The van der Waals surface area contributed by atoms with Gasteiger partial charge in [0.15, 0.2) is 9.84 Å². The van der Waals surface area contributed by atoms with E-state index in [1.165, 1.54) is 25.3 Å². The minimum absolute atomic E-state index is 0.0636. The van der Waals surface area contributed by atoms with E-state index in [0.29, 0.717) is 12.3 Å². The van der Waals surface area contributed by atoms with Crippen LogP contribution in [0.25, 0.3) is 0 Å². The van der Waals surface area contributed by atoms with E-state index in [1.807, 2.05) is 54.6 Å². The average molecular weight is 543 g/mol. The van der Waals surface area contributed by atoms with Gasteiger partial charge in [-0.25, -0.2) is 8.42 Å². The van der Waals surface area contributed by atoms with Crippen LogP contribution in [0.4, 0.5) is 0 Å². The molecule has 3 atom stereocenters. The molecule has 0 heterocycles. The van der Waals surface area contributed by atoms with Crippen molar-refractivity contribution >= 4 is 15.7 Å². The molecule has 10 heteroatoms. The van der Waals surface area contributed by atoms with Crippen molar-refractivity contribution in [1.29, 1.82) is 0 Å². The molecule has 0 saturated carbocycles. The summed E-state index contributed by atoms with van der Waals surface area (Å²) in [5.41, 5.74) is 1.82. The van der Waals surface area contributed by atoms with Gasteiger partial charge in [-0.3, -0.25) is 4.79 Å². The molecule has 3 unspecified atom stereocenters. The molecule has 0 aromatic heterocycles. The van der Waals surface area contributed by atoms with Gasteiger partial charge in [-0.2, -0.15) is 0 Å². The summed E-state index contributed by atoms with van der Waals surface area (Å²) in [4.78, 5) is 12.8. The van der Waals surface area contributed by atoms with Crippen LogP contribution in [0.3, 0.4) is 0 Å². The lowest BCUT2D eigenvalue weighted by Gasteiger charge is -2.26. The van der Waals surface area contributed by atoms with Gasteiger partial charge >= 0.3 is 0 Å². The van der Waals surface area contributed by atoms with E-state index >= 15 is 0 Å². The molecule has 3 aromatic rings. The van der Waals surface area contributed by atoms with E-state index in [9.17, 15) is 23.4 Å². The van der Waals surface area contributed by atoms with E-state index in [4.69, 9.17) is 9.47 Å². The van der Waals surface area contributed by atoms with Crippen molar-refractivity contribution in [3.05, 3.63) is 90.0 Å². The number of amides is 1. The quantitative estimate of drug-likeness (QED) is 0.242. The second-order valence-corrected chi connectivity index (χ2v) is 10.9.